The average Bonchev–Trinajstić information content (AvgIpc) is 2.20. The lowest BCUT2D eigenvalue weighted by atomic mass is 9.63. The molecule has 0 bridgehead atoms. The van der Waals surface area contributed by atoms with Gasteiger partial charge in [-0.2, -0.15) is 5.26 Å². The van der Waals surface area contributed by atoms with Gasteiger partial charge in [0.1, 0.15) is 12.0 Å². The second-order valence-corrected chi connectivity index (χ2v) is 3.97. The molecule has 1 aliphatic carbocycles. The maximum atomic E-state index is 11.6. The van der Waals surface area contributed by atoms with Crippen LogP contribution in [0, 0.1) is 22.7 Å². The van der Waals surface area contributed by atoms with Gasteiger partial charge in [0.2, 0.25) is 5.91 Å². The molecule has 0 atom stereocenters. The predicted octanol–water partition coefficient (Wildman–Crippen LogP) is 0.215. The van der Waals surface area contributed by atoms with Crippen molar-refractivity contribution in [2.24, 2.45) is 11.3 Å². The summed E-state index contributed by atoms with van der Waals surface area (Å²) in [5.74, 6) is -0.481. The summed E-state index contributed by atoms with van der Waals surface area (Å²) in [6.07, 6.45) is 1.13. The van der Waals surface area contributed by atoms with Crippen molar-refractivity contribution in [1.29, 1.82) is 5.26 Å². The van der Waals surface area contributed by atoms with Crippen LogP contribution in [0.2, 0.25) is 0 Å². The smallest absolute Gasteiger partial charge is 0.325 e. The first kappa shape index (κ1) is 11.5. The van der Waals surface area contributed by atoms with Crippen molar-refractivity contribution < 1.29 is 14.3 Å². The second-order valence-electron chi connectivity index (χ2n) is 3.97. The molecule has 0 spiro atoms. The number of ether oxygens (including phenoxy) is 1. The molecule has 1 fully saturated rings. The number of nitrogens with zero attached hydrogens (tertiary/aromatic N) is 1. The molecule has 1 rings (SSSR count). The van der Waals surface area contributed by atoms with Gasteiger partial charge < -0.3 is 10.1 Å². The highest BCUT2D eigenvalue weighted by Gasteiger charge is 2.48. The molecule has 0 aromatic carbocycles. The van der Waals surface area contributed by atoms with E-state index in [0.717, 1.165) is 0 Å². The number of nitriles is 1. The third-order valence-electron chi connectivity index (χ3n) is 2.66. The summed E-state index contributed by atoms with van der Waals surface area (Å²) >= 11 is 0. The Labute approximate surface area is 88.4 Å². The van der Waals surface area contributed by atoms with Crippen LogP contribution in [0.25, 0.3) is 0 Å². The molecule has 0 heterocycles. The zero-order valence-electron chi connectivity index (χ0n) is 8.87. The van der Waals surface area contributed by atoms with E-state index in [2.05, 4.69) is 10.1 Å². The van der Waals surface area contributed by atoms with Crippen molar-refractivity contribution in [2.75, 3.05) is 13.7 Å². The lowest BCUT2D eigenvalue weighted by Crippen LogP contribution is -2.49. The van der Waals surface area contributed by atoms with Crippen LogP contribution >= 0.6 is 0 Å². The van der Waals surface area contributed by atoms with Crippen LogP contribution < -0.4 is 5.32 Å². The number of hydrogen-bond donors (Lipinski definition) is 1. The molecule has 0 radical (unpaired) electrons. The number of carbonyl (C=O) groups excluding carboxylic acids is 2. The Morgan fingerprint density at radius 1 is 1.60 bits per heavy atom. The maximum Gasteiger partial charge on any atom is 0.325 e. The summed E-state index contributed by atoms with van der Waals surface area (Å²) in [5.41, 5.74) is -0.923. The number of esters is 1. The molecular weight excluding hydrogens is 196 g/mol. The van der Waals surface area contributed by atoms with Gasteiger partial charge in [-0.05, 0) is 18.8 Å². The summed E-state index contributed by atoms with van der Waals surface area (Å²) in [5, 5.41) is 11.3. The van der Waals surface area contributed by atoms with E-state index >= 15 is 0 Å². The van der Waals surface area contributed by atoms with E-state index in [-0.39, 0.29) is 12.5 Å². The lowest BCUT2D eigenvalue weighted by molar-refractivity contribution is -0.143. The number of amides is 1. The van der Waals surface area contributed by atoms with Gasteiger partial charge >= 0.3 is 5.97 Å². The Morgan fingerprint density at radius 3 is 2.60 bits per heavy atom. The molecule has 0 aliphatic heterocycles. The molecule has 0 unspecified atom stereocenters. The monoisotopic (exact) mass is 210 g/mol. The summed E-state index contributed by atoms with van der Waals surface area (Å²) in [7, 11) is 1.25. The third kappa shape index (κ3) is 2.27. The summed E-state index contributed by atoms with van der Waals surface area (Å²) < 4.78 is 4.38. The number of carbonyl (C=O) groups is 2. The molecule has 15 heavy (non-hydrogen) atoms. The molecule has 0 saturated heterocycles. The molecule has 1 amide bonds. The topological polar surface area (TPSA) is 79.2 Å². The van der Waals surface area contributed by atoms with E-state index in [1.54, 1.807) is 0 Å². The first-order valence-electron chi connectivity index (χ1n) is 4.80. The van der Waals surface area contributed by atoms with Crippen LogP contribution in [0.15, 0.2) is 0 Å². The van der Waals surface area contributed by atoms with E-state index in [1.807, 2.05) is 13.0 Å². The Kier molecular flexibility index (Phi) is 3.30. The summed E-state index contributed by atoms with van der Waals surface area (Å²) in [4.78, 5) is 22.4. The van der Waals surface area contributed by atoms with Crippen molar-refractivity contribution in [1.82, 2.24) is 5.32 Å². The normalized spacial score (nSPS) is 28.5. The molecule has 5 nitrogen and oxygen atoms in total. The fraction of sp³-hybridized carbons (Fsp3) is 0.700. The van der Waals surface area contributed by atoms with Gasteiger partial charge in [0, 0.05) is 0 Å². The molecule has 82 valence electrons. The Hall–Kier alpha value is -1.57. The first-order valence-corrected chi connectivity index (χ1v) is 4.80. The van der Waals surface area contributed by atoms with Gasteiger partial charge in [0.15, 0.2) is 0 Å². The van der Waals surface area contributed by atoms with E-state index in [1.165, 1.54) is 7.11 Å². The van der Waals surface area contributed by atoms with Crippen LogP contribution in [0.5, 0.6) is 0 Å². The zero-order valence-corrected chi connectivity index (χ0v) is 8.87. The van der Waals surface area contributed by atoms with Crippen molar-refractivity contribution in [3.63, 3.8) is 0 Å². The summed E-state index contributed by atoms with van der Waals surface area (Å²) in [6, 6.07) is 2.02. The van der Waals surface area contributed by atoms with Gasteiger partial charge in [-0.15, -0.1) is 0 Å². The molecular formula is C10H14N2O3. The Balaban J connectivity index is 2.47. The van der Waals surface area contributed by atoms with Gasteiger partial charge in [-0.3, -0.25) is 9.59 Å². The predicted molar refractivity (Wildman–Crippen MR) is 51.5 cm³/mol. The lowest BCUT2D eigenvalue weighted by Gasteiger charge is -2.39. The third-order valence-corrected chi connectivity index (χ3v) is 2.66. The molecule has 1 saturated carbocycles. The largest absolute Gasteiger partial charge is 0.468 e. The molecule has 0 aromatic rings. The molecule has 0 aromatic heterocycles. The highest BCUT2D eigenvalue weighted by atomic mass is 16.5. The van der Waals surface area contributed by atoms with Crippen LogP contribution in [0.3, 0.4) is 0 Å². The van der Waals surface area contributed by atoms with E-state index < -0.39 is 11.4 Å². The first-order chi connectivity index (χ1) is 7.04. The Morgan fingerprint density at radius 2 is 2.20 bits per heavy atom. The molecule has 5 heteroatoms. The highest BCUT2D eigenvalue weighted by molar-refractivity contribution is 5.89. The zero-order chi connectivity index (χ0) is 11.5. The van der Waals surface area contributed by atoms with Gasteiger partial charge in [-0.1, -0.05) is 6.92 Å². The average molecular weight is 210 g/mol. The molecule has 1 aliphatic rings. The van der Waals surface area contributed by atoms with Crippen molar-refractivity contribution in [3.05, 3.63) is 0 Å². The number of nitrogens with one attached hydrogen (secondary N) is 1. The fourth-order valence-electron chi connectivity index (χ4n) is 1.85. The number of hydrogen-bond acceptors (Lipinski definition) is 4. The Bertz CT molecular complexity index is 313. The minimum absolute atomic E-state index is 0.173. The summed E-state index contributed by atoms with van der Waals surface area (Å²) in [6.45, 7) is 1.82. The van der Waals surface area contributed by atoms with Crippen LogP contribution in [0.1, 0.15) is 19.8 Å². The minimum atomic E-state index is -0.923. The maximum absolute atomic E-state index is 11.6. The van der Waals surface area contributed by atoms with Crippen molar-refractivity contribution >= 4 is 11.9 Å². The van der Waals surface area contributed by atoms with Gasteiger partial charge in [0.25, 0.3) is 0 Å². The van der Waals surface area contributed by atoms with Crippen molar-refractivity contribution in [2.45, 2.75) is 19.8 Å². The van der Waals surface area contributed by atoms with Crippen molar-refractivity contribution in [3.8, 4) is 6.07 Å². The van der Waals surface area contributed by atoms with E-state index in [9.17, 15) is 9.59 Å². The van der Waals surface area contributed by atoms with Crippen LogP contribution in [0.4, 0.5) is 0 Å². The number of rotatable bonds is 3. The minimum Gasteiger partial charge on any atom is -0.468 e. The van der Waals surface area contributed by atoms with Gasteiger partial charge in [-0.25, -0.2) is 0 Å². The molecule has 1 N–H and O–H groups in total. The van der Waals surface area contributed by atoms with E-state index in [0.29, 0.717) is 18.8 Å². The van der Waals surface area contributed by atoms with E-state index in [4.69, 9.17) is 5.26 Å². The standard InChI is InChI=1S/C10H14N2O3/c1-7-3-10(4-7,6-11)9(14)12-5-8(13)15-2/h7H,3-5H2,1-2H3,(H,12,14). The quantitative estimate of drug-likeness (QED) is 0.675. The number of methoxy groups -OCH3 is 1. The van der Waals surface area contributed by atoms with Crippen LogP contribution in [-0.2, 0) is 14.3 Å². The SMILES string of the molecule is COC(=O)CNC(=O)C1(C#N)CC(C)C1. The van der Waals surface area contributed by atoms with Gasteiger partial charge in [0.05, 0.1) is 13.2 Å². The highest BCUT2D eigenvalue weighted by Crippen LogP contribution is 2.44. The van der Waals surface area contributed by atoms with Crippen LogP contribution in [-0.4, -0.2) is 25.5 Å². The fourth-order valence-corrected chi connectivity index (χ4v) is 1.85. The second kappa shape index (κ2) is 4.30.